The molecule has 0 fully saturated rings. The molecule has 4 heteroatoms. The fraction of sp³-hybridized carbons (Fsp3) is 0.231. The predicted octanol–water partition coefficient (Wildman–Crippen LogP) is 3.69. The molecule has 0 saturated carbocycles. The summed E-state index contributed by atoms with van der Waals surface area (Å²) in [4.78, 5) is 8.14. The third-order valence-corrected chi connectivity index (χ3v) is 2.81. The number of aromatic nitrogens is 2. The van der Waals surface area contributed by atoms with Gasteiger partial charge in [0, 0.05) is 11.8 Å². The molecular formula is C13H13BrN2O. The van der Waals surface area contributed by atoms with E-state index >= 15 is 0 Å². The van der Waals surface area contributed by atoms with Crippen molar-refractivity contribution in [2.75, 3.05) is 0 Å². The van der Waals surface area contributed by atoms with E-state index in [4.69, 9.17) is 4.74 Å². The summed E-state index contributed by atoms with van der Waals surface area (Å²) in [6.45, 7) is 4.02. The first-order chi connectivity index (χ1) is 8.16. The number of rotatable bonds is 3. The molecule has 1 heterocycles. The monoisotopic (exact) mass is 292 g/mol. The molecular weight excluding hydrogens is 280 g/mol. The van der Waals surface area contributed by atoms with Crippen LogP contribution in [0, 0.1) is 0 Å². The molecule has 2 aromatic rings. The number of ether oxygens (including phenoxy) is 1. The zero-order valence-electron chi connectivity index (χ0n) is 9.72. The SMILES string of the molecule is CC(C)Oc1cccc(-c2cncnc2Br)c1. The summed E-state index contributed by atoms with van der Waals surface area (Å²) in [5.74, 6) is 0.855. The van der Waals surface area contributed by atoms with Crippen LogP contribution in [0.4, 0.5) is 0 Å². The molecule has 0 aliphatic carbocycles. The van der Waals surface area contributed by atoms with E-state index in [1.54, 1.807) is 6.20 Å². The molecule has 0 N–H and O–H groups in total. The largest absolute Gasteiger partial charge is 0.491 e. The first kappa shape index (κ1) is 12.0. The van der Waals surface area contributed by atoms with E-state index in [1.807, 2.05) is 38.1 Å². The summed E-state index contributed by atoms with van der Waals surface area (Å²) >= 11 is 3.42. The summed E-state index contributed by atoms with van der Waals surface area (Å²) in [6, 6.07) is 7.91. The van der Waals surface area contributed by atoms with Gasteiger partial charge in [-0.3, -0.25) is 0 Å². The number of halogens is 1. The van der Waals surface area contributed by atoms with Gasteiger partial charge in [0.2, 0.25) is 0 Å². The van der Waals surface area contributed by atoms with Crippen molar-refractivity contribution in [3.05, 3.63) is 41.4 Å². The van der Waals surface area contributed by atoms with Crippen LogP contribution in [-0.2, 0) is 0 Å². The lowest BCUT2D eigenvalue weighted by molar-refractivity contribution is 0.242. The molecule has 2 rings (SSSR count). The third kappa shape index (κ3) is 3.03. The Balaban J connectivity index is 2.37. The topological polar surface area (TPSA) is 35.0 Å². The molecule has 0 amide bonds. The van der Waals surface area contributed by atoms with Gasteiger partial charge in [-0.2, -0.15) is 0 Å². The first-order valence-corrected chi connectivity index (χ1v) is 6.18. The second kappa shape index (κ2) is 5.27. The summed E-state index contributed by atoms with van der Waals surface area (Å²) in [6.07, 6.45) is 3.47. The van der Waals surface area contributed by atoms with Crippen molar-refractivity contribution in [1.82, 2.24) is 9.97 Å². The van der Waals surface area contributed by atoms with Crippen LogP contribution in [0.25, 0.3) is 11.1 Å². The minimum Gasteiger partial charge on any atom is -0.491 e. The standard InChI is InChI=1S/C13H13BrN2O/c1-9(2)17-11-5-3-4-10(6-11)12-7-15-8-16-13(12)14/h3-9H,1-2H3. The van der Waals surface area contributed by atoms with Crippen LogP contribution in [0.2, 0.25) is 0 Å². The summed E-state index contributed by atoms with van der Waals surface area (Å²) in [5, 5.41) is 0. The van der Waals surface area contributed by atoms with Gasteiger partial charge in [-0.25, -0.2) is 9.97 Å². The molecule has 88 valence electrons. The van der Waals surface area contributed by atoms with Crippen LogP contribution in [0.1, 0.15) is 13.8 Å². The molecule has 0 aliphatic heterocycles. The highest BCUT2D eigenvalue weighted by molar-refractivity contribution is 9.10. The van der Waals surface area contributed by atoms with Crippen molar-refractivity contribution >= 4 is 15.9 Å². The molecule has 1 aromatic carbocycles. The minimum absolute atomic E-state index is 0.167. The molecule has 17 heavy (non-hydrogen) atoms. The Hall–Kier alpha value is -1.42. The molecule has 0 bridgehead atoms. The normalized spacial score (nSPS) is 10.6. The van der Waals surface area contributed by atoms with Crippen LogP contribution in [-0.4, -0.2) is 16.1 Å². The lowest BCUT2D eigenvalue weighted by atomic mass is 10.1. The first-order valence-electron chi connectivity index (χ1n) is 5.39. The van der Waals surface area contributed by atoms with Crippen LogP contribution in [0.5, 0.6) is 5.75 Å². The molecule has 0 saturated heterocycles. The van der Waals surface area contributed by atoms with E-state index in [2.05, 4.69) is 25.9 Å². The second-order valence-electron chi connectivity index (χ2n) is 3.92. The van der Waals surface area contributed by atoms with Crippen molar-refractivity contribution < 1.29 is 4.74 Å². The average molecular weight is 293 g/mol. The molecule has 0 spiro atoms. The highest BCUT2D eigenvalue weighted by Gasteiger charge is 2.05. The van der Waals surface area contributed by atoms with Gasteiger partial charge in [0.25, 0.3) is 0 Å². The molecule has 0 atom stereocenters. The highest BCUT2D eigenvalue weighted by Crippen LogP contribution is 2.28. The number of nitrogens with zero attached hydrogens (tertiary/aromatic N) is 2. The number of hydrogen-bond donors (Lipinski definition) is 0. The Morgan fingerprint density at radius 1 is 1.29 bits per heavy atom. The predicted molar refractivity (Wildman–Crippen MR) is 70.9 cm³/mol. The molecule has 0 unspecified atom stereocenters. The maximum absolute atomic E-state index is 5.66. The van der Waals surface area contributed by atoms with Gasteiger partial charge in [0.1, 0.15) is 16.7 Å². The lowest BCUT2D eigenvalue weighted by Gasteiger charge is -2.11. The Bertz CT molecular complexity index is 514. The maximum Gasteiger partial charge on any atom is 0.120 e. The van der Waals surface area contributed by atoms with Crippen molar-refractivity contribution in [2.24, 2.45) is 0 Å². The number of hydrogen-bond acceptors (Lipinski definition) is 3. The minimum atomic E-state index is 0.167. The van der Waals surface area contributed by atoms with Gasteiger partial charge in [0.05, 0.1) is 6.10 Å². The van der Waals surface area contributed by atoms with Gasteiger partial charge >= 0.3 is 0 Å². The van der Waals surface area contributed by atoms with Crippen LogP contribution >= 0.6 is 15.9 Å². The molecule has 0 radical (unpaired) electrons. The van der Waals surface area contributed by atoms with Crippen LogP contribution in [0.3, 0.4) is 0 Å². The van der Waals surface area contributed by atoms with Crippen LogP contribution in [0.15, 0.2) is 41.4 Å². The fourth-order valence-electron chi connectivity index (χ4n) is 1.52. The zero-order valence-corrected chi connectivity index (χ0v) is 11.3. The van der Waals surface area contributed by atoms with E-state index < -0.39 is 0 Å². The summed E-state index contributed by atoms with van der Waals surface area (Å²) in [7, 11) is 0. The average Bonchev–Trinajstić information content (AvgIpc) is 2.29. The van der Waals surface area contributed by atoms with Crippen molar-refractivity contribution in [3.8, 4) is 16.9 Å². The third-order valence-electron chi connectivity index (χ3n) is 2.18. The van der Waals surface area contributed by atoms with Gasteiger partial charge in [-0.1, -0.05) is 12.1 Å². The Morgan fingerprint density at radius 2 is 2.12 bits per heavy atom. The quantitative estimate of drug-likeness (QED) is 0.809. The Morgan fingerprint density at radius 3 is 2.82 bits per heavy atom. The van der Waals surface area contributed by atoms with E-state index in [0.29, 0.717) is 0 Å². The second-order valence-corrected chi connectivity index (χ2v) is 4.67. The molecule has 3 nitrogen and oxygen atoms in total. The molecule has 0 aliphatic rings. The van der Waals surface area contributed by atoms with Crippen LogP contribution < -0.4 is 4.74 Å². The van der Waals surface area contributed by atoms with Crippen molar-refractivity contribution in [1.29, 1.82) is 0 Å². The Kier molecular flexibility index (Phi) is 3.74. The highest BCUT2D eigenvalue weighted by atomic mass is 79.9. The Labute approximate surface area is 109 Å². The van der Waals surface area contributed by atoms with E-state index in [0.717, 1.165) is 21.5 Å². The van der Waals surface area contributed by atoms with E-state index in [9.17, 15) is 0 Å². The van der Waals surface area contributed by atoms with E-state index in [1.165, 1.54) is 6.33 Å². The molecule has 1 aromatic heterocycles. The van der Waals surface area contributed by atoms with Gasteiger partial charge in [-0.15, -0.1) is 0 Å². The van der Waals surface area contributed by atoms with Gasteiger partial charge in [0.15, 0.2) is 0 Å². The number of benzene rings is 1. The smallest absolute Gasteiger partial charge is 0.120 e. The fourth-order valence-corrected chi connectivity index (χ4v) is 1.94. The lowest BCUT2D eigenvalue weighted by Crippen LogP contribution is -2.05. The van der Waals surface area contributed by atoms with Gasteiger partial charge < -0.3 is 4.74 Å². The summed E-state index contributed by atoms with van der Waals surface area (Å²) < 4.78 is 6.45. The van der Waals surface area contributed by atoms with Crippen molar-refractivity contribution in [2.45, 2.75) is 20.0 Å². The van der Waals surface area contributed by atoms with E-state index in [-0.39, 0.29) is 6.10 Å². The zero-order chi connectivity index (χ0) is 12.3. The maximum atomic E-state index is 5.66. The van der Waals surface area contributed by atoms with Gasteiger partial charge in [-0.05, 0) is 47.5 Å². The summed E-state index contributed by atoms with van der Waals surface area (Å²) in [5.41, 5.74) is 2.00. The van der Waals surface area contributed by atoms with Crippen molar-refractivity contribution in [3.63, 3.8) is 0 Å².